The lowest BCUT2D eigenvalue weighted by Crippen LogP contribution is -2.34. The van der Waals surface area contributed by atoms with Crippen LogP contribution in [0.15, 0.2) is 27.6 Å². The molecule has 1 saturated carbocycles. The average molecular weight is 348 g/mol. The van der Waals surface area contributed by atoms with Crippen molar-refractivity contribution in [2.75, 3.05) is 0 Å². The number of halogens is 1. The lowest BCUT2D eigenvalue weighted by atomic mass is 10.2. The summed E-state index contributed by atoms with van der Waals surface area (Å²) in [5.41, 5.74) is -0.0531. The molecule has 0 bridgehead atoms. The van der Waals surface area contributed by atoms with Gasteiger partial charge in [-0.1, -0.05) is 0 Å². The van der Waals surface area contributed by atoms with Gasteiger partial charge in [0.25, 0.3) is 0 Å². The van der Waals surface area contributed by atoms with Crippen LogP contribution in [0.1, 0.15) is 30.1 Å². The predicted molar refractivity (Wildman–Crippen MR) is 73.6 cm³/mol. The summed E-state index contributed by atoms with van der Waals surface area (Å²) >= 11 is 3.15. The number of sulfonamides is 1. The van der Waals surface area contributed by atoms with Gasteiger partial charge in [0.2, 0.25) is 10.0 Å². The quantitative estimate of drug-likeness (QED) is 0.855. The molecule has 7 heteroatoms. The fraction of sp³-hybridized carbons (Fsp3) is 0.417. The van der Waals surface area contributed by atoms with E-state index in [1.807, 2.05) is 6.92 Å². The molecule has 104 valence electrons. The van der Waals surface area contributed by atoms with Crippen LogP contribution in [0.3, 0.4) is 0 Å². The highest BCUT2D eigenvalue weighted by molar-refractivity contribution is 9.10. The van der Waals surface area contributed by atoms with Crippen molar-refractivity contribution in [3.63, 3.8) is 0 Å². The van der Waals surface area contributed by atoms with Crippen molar-refractivity contribution >= 4 is 31.9 Å². The van der Waals surface area contributed by atoms with E-state index < -0.39 is 16.0 Å². The molecule has 0 aliphatic heterocycles. The minimum atomic E-state index is -3.71. The van der Waals surface area contributed by atoms with Crippen LogP contribution in [0.25, 0.3) is 0 Å². The molecular formula is C12H14BrNO4S. The fourth-order valence-corrected chi connectivity index (χ4v) is 4.14. The van der Waals surface area contributed by atoms with Crippen LogP contribution in [0.5, 0.6) is 0 Å². The van der Waals surface area contributed by atoms with Crippen molar-refractivity contribution in [1.29, 1.82) is 0 Å². The number of carboxylic acid groups (broad SMARTS) is 1. The molecule has 1 aliphatic carbocycles. The van der Waals surface area contributed by atoms with E-state index in [9.17, 15) is 13.2 Å². The Morgan fingerprint density at radius 2 is 2.11 bits per heavy atom. The van der Waals surface area contributed by atoms with E-state index in [0.29, 0.717) is 10.4 Å². The number of rotatable bonds is 5. The van der Waals surface area contributed by atoms with E-state index in [-0.39, 0.29) is 16.5 Å². The number of hydrogen-bond donors (Lipinski definition) is 2. The Kier molecular flexibility index (Phi) is 3.98. The van der Waals surface area contributed by atoms with E-state index in [1.165, 1.54) is 12.1 Å². The van der Waals surface area contributed by atoms with E-state index >= 15 is 0 Å². The molecule has 1 fully saturated rings. The molecule has 0 aromatic heterocycles. The summed E-state index contributed by atoms with van der Waals surface area (Å²) in [6, 6.07) is 3.81. The molecule has 1 aromatic rings. The summed E-state index contributed by atoms with van der Waals surface area (Å²) in [4.78, 5) is 10.9. The van der Waals surface area contributed by atoms with Crippen LogP contribution in [0, 0.1) is 5.92 Å². The Hall–Kier alpha value is -0.920. The van der Waals surface area contributed by atoms with E-state index in [4.69, 9.17) is 5.11 Å². The third-order valence-electron chi connectivity index (χ3n) is 3.14. The summed E-state index contributed by atoms with van der Waals surface area (Å²) in [6.07, 6.45) is 2.06. The molecule has 0 amide bonds. The highest BCUT2D eigenvalue weighted by Gasteiger charge is 2.32. The summed E-state index contributed by atoms with van der Waals surface area (Å²) in [7, 11) is -3.71. The molecule has 1 unspecified atom stereocenters. The highest BCUT2D eigenvalue weighted by Crippen LogP contribution is 2.33. The van der Waals surface area contributed by atoms with Crippen molar-refractivity contribution in [2.24, 2.45) is 5.92 Å². The van der Waals surface area contributed by atoms with Crippen LogP contribution in [-0.4, -0.2) is 25.5 Å². The van der Waals surface area contributed by atoms with Crippen LogP contribution >= 0.6 is 15.9 Å². The maximum absolute atomic E-state index is 12.2. The molecule has 1 aromatic carbocycles. The molecule has 0 heterocycles. The minimum absolute atomic E-state index is 0.0418. The molecule has 1 atom stereocenters. The standard InChI is InChI=1S/C12H14BrNO4S/c1-7(8-2-3-8)14-19(17,18)11-6-9(12(15)16)4-5-10(11)13/h4-8,14H,2-3H2,1H3,(H,15,16). The van der Waals surface area contributed by atoms with E-state index in [0.717, 1.165) is 18.9 Å². The molecule has 0 saturated heterocycles. The summed E-state index contributed by atoms with van der Waals surface area (Å²) in [5, 5.41) is 8.92. The number of carbonyl (C=O) groups is 1. The lowest BCUT2D eigenvalue weighted by molar-refractivity contribution is 0.0696. The zero-order valence-electron chi connectivity index (χ0n) is 10.3. The SMILES string of the molecule is CC(NS(=O)(=O)c1cc(C(=O)O)ccc1Br)C1CC1. The van der Waals surface area contributed by atoms with Gasteiger partial charge in [-0.05, 0) is 59.8 Å². The number of nitrogens with one attached hydrogen (secondary N) is 1. The van der Waals surface area contributed by atoms with Crippen molar-refractivity contribution in [2.45, 2.75) is 30.7 Å². The van der Waals surface area contributed by atoms with Gasteiger partial charge < -0.3 is 5.11 Å². The second-order valence-electron chi connectivity index (χ2n) is 4.70. The first-order valence-electron chi connectivity index (χ1n) is 5.86. The second kappa shape index (κ2) is 5.22. The van der Waals surface area contributed by atoms with Crippen molar-refractivity contribution < 1.29 is 18.3 Å². The predicted octanol–water partition coefficient (Wildman–Crippen LogP) is 2.22. The topological polar surface area (TPSA) is 83.5 Å². The Balaban J connectivity index is 2.33. The minimum Gasteiger partial charge on any atom is -0.478 e. The molecule has 0 spiro atoms. The van der Waals surface area contributed by atoms with Gasteiger partial charge in [-0.25, -0.2) is 17.9 Å². The van der Waals surface area contributed by atoms with Crippen LogP contribution in [-0.2, 0) is 10.0 Å². The smallest absolute Gasteiger partial charge is 0.335 e. The first kappa shape index (κ1) is 14.5. The first-order valence-corrected chi connectivity index (χ1v) is 8.14. The largest absolute Gasteiger partial charge is 0.478 e. The average Bonchev–Trinajstić information content (AvgIpc) is 3.11. The van der Waals surface area contributed by atoms with Crippen LogP contribution < -0.4 is 4.72 Å². The third-order valence-corrected chi connectivity index (χ3v) is 5.69. The maximum Gasteiger partial charge on any atom is 0.335 e. The first-order chi connectivity index (χ1) is 8.81. The zero-order chi connectivity index (χ0) is 14.2. The summed E-state index contributed by atoms with van der Waals surface area (Å²) in [6.45, 7) is 1.82. The molecule has 1 aliphatic rings. The third kappa shape index (κ3) is 3.34. The van der Waals surface area contributed by atoms with Gasteiger partial charge in [0.15, 0.2) is 0 Å². The Morgan fingerprint density at radius 1 is 1.47 bits per heavy atom. The van der Waals surface area contributed by atoms with Crippen molar-refractivity contribution in [1.82, 2.24) is 4.72 Å². The molecule has 0 radical (unpaired) electrons. The number of benzene rings is 1. The van der Waals surface area contributed by atoms with Crippen LogP contribution in [0.2, 0.25) is 0 Å². The molecule has 5 nitrogen and oxygen atoms in total. The van der Waals surface area contributed by atoms with Gasteiger partial charge in [0.05, 0.1) is 10.5 Å². The van der Waals surface area contributed by atoms with Gasteiger partial charge >= 0.3 is 5.97 Å². The Labute approximate surface area is 120 Å². The van der Waals surface area contributed by atoms with E-state index in [2.05, 4.69) is 20.7 Å². The van der Waals surface area contributed by atoms with E-state index in [1.54, 1.807) is 0 Å². The molecular weight excluding hydrogens is 334 g/mol. The normalized spacial score (nSPS) is 17.2. The molecule has 19 heavy (non-hydrogen) atoms. The van der Waals surface area contributed by atoms with Crippen molar-refractivity contribution in [3.8, 4) is 0 Å². The number of carboxylic acids is 1. The highest BCUT2D eigenvalue weighted by atomic mass is 79.9. The molecule has 2 N–H and O–H groups in total. The van der Waals surface area contributed by atoms with Gasteiger partial charge in [-0.3, -0.25) is 0 Å². The fourth-order valence-electron chi connectivity index (χ4n) is 1.84. The molecule has 2 rings (SSSR count). The van der Waals surface area contributed by atoms with Crippen LogP contribution in [0.4, 0.5) is 0 Å². The van der Waals surface area contributed by atoms with Gasteiger partial charge in [-0.2, -0.15) is 0 Å². The number of aromatic carboxylic acids is 1. The second-order valence-corrected chi connectivity index (χ2v) is 7.23. The Bertz CT molecular complexity index is 610. The zero-order valence-corrected chi connectivity index (χ0v) is 12.7. The summed E-state index contributed by atoms with van der Waals surface area (Å²) < 4.78 is 27.4. The van der Waals surface area contributed by atoms with Gasteiger partial charge in [0, 0.05) is 10.5 Å². The summed E-state index contributed by atoms with van der Waals surface area (Å²) in [5.74, 6) is -0.768. The van der Waals surface area contributed by atoms with Gasteiger partial charge in [0.1, 0.15) is 0 Å². The Morgan fingerprint density at radius 3 is 2.63 bits per heavy atom. The monoisotopic (exact) mass is 347 g/mol. The van der Waals surface area contributed by atoms with Gasteiger partial charge in [-0.15, -0.1) is 0 Å². The number of hydrogen-bond acceptors (Lipinski definition) is 3. The lowest BCUT2D eigenvalue weighted by Gasteiger charge is -2.14. The maximum atomic E-state index is 12.2. The van der Waals surface area contributed by atoms with Crippen molar-refractivity contribution in [3.05, 3.63) is 28.2 Å².